The van der Waals surface area contributed by atoms with Crippen molar-refractivity contribution in [2.45, 2.75) is 31.7 Å². The molecule has 98 valence electrons. The van der Waals surface area contributed by atoms with Gasteiger partial charge < -0.3 is 11.1 Å². The second-order valence-electron chi connectivity index (χ2n) is 5.34. The van der Waals surface area contributed by atoms with Crippen molar-refractivity contribution in [1.82, 2.24) is 5.32 Å². The molecule has 1 aromatic carbocycles. The first-order valence-electron chi connectivity index (χ1n) is 6.39. The summed E-state index contributed by atoms with van der Waals surface area (Å²) in [5.41, 5.74) is 6.98. The number of rotatable bonds is 2. The van der Waals surface area contributed by atoms with E-state index in [0.29, 0.717) is 23.2 Å². The van der Waals surface area contributed by atoms with Crippen LogP contribution in [0.1, 0.15) is 36.0 Å². The summed E-state index contributed by atoms with van der Waals surface area (Å²) in [6, 6.07) is 7.64. The summed E-state index contributed by atoms with van der Waals surface area (Å²) >= 11 is 0. The maximum atomic E-state index is 12.1. The molecule has 2 aliphatic carbocycles. The molecule has 2 saturated carbocycles. The quantitative estimate of drug-likeness (QED) is 0.809. The molecule has 3 nitrogen and oxygen atoms in total. The number of carbonyl (C=O) groups is 1. The predicted molar refractivity (Wildman–Crippen MR) is 74.8 cm³/mol. The fourth-order valence-corrected chi connectivity index (χ4v) is 3.37. The van der Waals surface area contributed by atoms with Crippen molar-refractivity contribution in [2.24, 2.45) is 11.8 Å². The average Bonchev–Trinajstić information content (AvgIpc) is 2.91. The van der Waals surface area contributed by atoms with Crippen LogP contribution in [-0.2, 0) is 0 Å². The van der Waals surface area contributed by atoms with Crippen LogP contribution in [0.3, 0.4) is 0 Å². The molecular formula is C14H19ClN2O. The second kappa shape index (κ2) is 5.19. The lowest BCUT2D eigenvalue weighted by Crippen LogP contribution is -2.38. The fraction of sp³-hybridized carbons (Fsp3) is 0.500. The number of hydrogen-bond donors (Lipinski definition) is 2. The number of para-hydroxylation sites is 1. The highest BCUT2D eigenvalue weighted by molar-refractivity contribution is 5.99. The van der Waals surface area contributed by atoms with E-state index in [9.17, 15) is 4.79 Å². The molecule has 1 aromatic rings. The van der Waals surface area contributed by atoms with Gasteiger partial charge in [-0.3, -0.25) is 4.79 Å². The standard InChI is InChI=1S/C14H18N2O.ClH/c15-12-4-2-1-3-11(12)14(17)16-13-8-9-5-6-10(13)7-9;/h1-4,9-10,13H,5-8,15H2,(H,16,17);1H. The van der Waals surface area contributed by atoms with Crippen molar-refractivity contribution >= 4 is 24.0 Å². The van der Waals surface area contributed by atoms with Crippen molar-refractivity contribution in [3.8, 4) is 0 Å². The van der Waals surface area contributed by atoms with Crippen LogP contribution in [0, 0.1) is 11.8 Å². The van der Waals surface area contributed by atoms with Gasteiger partial charge in [0.25, 0.3) is 5.91 Å². The van der Waals surface area contributed by atoms with Crippen molar-refractivity contribution in [3.05, 3.63) is 29.8 Å². The molecule has 3 rings (SSSR count). The highest BCUT2D eigenvalue weighted by Gasteiger charge is 2.40. The fourth-order valence-electron chi connectivity index (χ4n) is 3.37. The number of carbonyl (C=O) groups excluding carboxylic acids is 1. The lowest BCUT2D eigenvalue weighted by molar-refractivity contribution is 0.0924. The predicted octanol–water partition coefficient (Wildman–Crippen LogP) is 2.61. The molecule has 0 aromatic heterocycles. The molecular weight excluding hydrogens is 248 g/mol. The van der Waals surface area contributed by atoms with E-state index in [1.165, 1.54) is 19.3 Å². The molecule has 0 saturated heterocycles. The van der Waals surface area contributed by atoms with Crippen molar-refractivity contribution < 1.29 is 4.79 Å². The second-order valence-corrected chi connectivity index (χ2v) is 5.34. The molecule has 4 heteroatoms. The SMILES string of the molecule is Cl.Nc1ccccc1C(=O)NC1CC2CCC1C2. The van der Waals surface area contributed by atoms with Crippen LogP contribution in [0.4, 0.5) is 5.69 Å². The Morgan fingerprint density at radius 3 is 2.61 bits per heavy atom. The van der Waals surface area contributed by atoms with Gasteiger partial charge in [-0.05, 0) is 43.2 Å². The summed E-state index contributed by atoms with van der Waals surface area (Å²) in [6.07, 6.45) is 5.09. The molecule has 0 heterocycles. The van der Waals surface area contributed by atoms with E-state index in [-0.39, 0.29) is 18.3 Å². The number of hydrogen-bond acceptors (Lipinski definition) is 2. The number of anilines is 1. The van der Waals surface area contributed by atoms with Gasteiger partial charge in [0.1, 0.15) is 0 Å². The van der Waals surface area contributed by atoms with Crippen LogP contribution in [0.2, 0.25) is 0 Å². The third-order valence-electron chi connectivity index (χ3n) is 4.26. The van der Waals surface area contributed by atoms with Gasteiger partial charge in [0, 0.05) is 11.7 Å². The summed E-state index contributed by atoms with van der Waals surface area (Å²) in [5.74, 6) is 1.54. The molecule has 3 N–H and O–H groups in total. The Labute approximate surface area is 114 Å². The number of nitrogens with two attached hydrogens (primary N) is 1. The van der Waals surface area contributed by atoms with Crippen LogP contribution in [0.25, 0.3) is 0 Å². The van der Waals surface area contributed by atoms with Crippen LogP contribution in [-0.4, -0.2) is 11.9 Å². The van der Waals surface area contributed by atoms with Gasteiger partial charge in [-0.1, -0.05) is 18.6 Å². The average molecular weight is 267 g/mol. The number of nitrogens with one attached hydrogen (secondary N) is 1. The van der Waals surface area contributed by atoms with Gasteiger partial charge in [0.2, 0.25) is 0 Å². The van der Waals surface area contributed by atoms with Gasteiger partial charge in [0.15, 0.2) is 0 Å². The van der Waals surface area contributed by atoms with Gasteiger partial charge in [0.05, 0.1) is 5.56 Å². The maximum Gasteiger partial charge on any atom is 0.253 e. The van der Waals surface area contributed by atoms with E-state index in [1.54, 1.807) is 12.1 Å². The first kappa shape index (κ1) is 13.2. The zero-order chi connectivity index (χ0) is 11.8. The first-order chi connectivity index (χ1) is 8.24. The molecule has 2 aliphatic rings. The minimum absolute atomic E-state index is 0. The van der Waals surface area contributed by atoms with Crippen LogP contribution in [0.15, 0.2) is 24.3 Å². The van der Waals surface area contributed by atoms with Crippen molar-refractivity contribution in [1.29, 1.82) is 0 Å². The summed E-state index contributed by atoms with van der Waals surface area (Å²) in [4.78, 5) is 12.1. The Balaban J connectivity index is 0.00000120. The Bertz CT molecular complexity index is 449. The third kappa shape index (κ3) is 2.32. The van der Waals surface area contributed by atoms with Gasteiger partial charge in [-0.25, -0.2) is 0 Å². The Morgan fingerprint density at radius 2 is 2.00 bits per heavy atom. The number of halogens is 1. The van der Waals surface area contributed by atoms with Gasteiger partial charge in [-0.2, -0.15) is 0 Å². The monoisotopic (exact) mass is 266 g/mol. The Kier molecular flexibility index (Phi) is 3.81. The molecule has 3 atom stereocenters. The topological polar surface area (TPSA) is 55.1 Å². The minimum Gasteiger partial charge on any atom is -0.398 e. The summed E-state index contributed by atoms with van der Waals surface area (Å²) in [6.45, 7) is 0. The van der Waals surface area contributed by atoms with Crippen molar-refractivity contribution in [3.63, 3.8) is 0 Å². The first-order valence-corrected chi connectivity index (χ1v) is 6.39. The largest absolute Gasteiger partial charge is 0.398 e. The lowest BCUT2D eigenvalue weighted by Gasteiger charge is -2.23. The minimum atomic E-state index is -0.0133. The Hall–Kier alpha value is -1.22. The highest BCUT2D eigenvalue weighted by Crippen LogP contribution is 2.44. The summed E-state index contributed by atoms with van der Waals surface area (Å²) < 4.78 is 0. The molecule has 1 amide bonds. The molecule has 2 bridgehead atoms. The van der Waals surface area contributed by atoms with Gasteiger partial charge >= 0.3 is 0 Å². The van der Waals surface area contributed by atoms with E-state index in [0.717, 1.165) is 12.3 Å². The molecule has 18 heavy (non-hydrogen) atoms. The van der Waals surface area contributed by atoms with Crippen LogP contribution >= 0.6 is 12.4 Å². The molecule has 0 radical (unpaired) electrons. The highest BCUT2D eigenvalue weighted by atomic mass is 35.5. The summed E-state index contributed by atoms with van der Waals surface area (Å²) in [5, 5.41) is 3.15. The van der Waals surface area contributed by atoms with Crippen LogP contribution < -0.4 is 11.1 Å². The zero-order valence-electron chi connectivity index (χ0n) is 10.3. The van der Waals surface area contributed by atoms with E-state index < -0.39 is 0 Å². The number of fused-ring (bicyclic) bond motifs is 2. The maximum absolute atomic E-state index is 12.1. The van der Waals surface area contributed by atoms with Gasteiger partial charge in [-0.15, -0.1) is 12.4 Å². The van der Waals surface area contributed by atoms with E-state index in [2.05, 4.69) is 5.32 Å². The molecule has 0 aliphatic heterocycles. The number of nitrogen functional groups attached to an aromatic ring is 1. The zero-order valence-corrected chi connectivity index (χ0v) is 11.1. The van der Waals surface area contributed by atoms with E-state index in [4.69, 9.17) is 5.73 Å². The number of amides is 1. The summed E-state index contributed by atoms with van der Waals surface area (Å²) in [7, 11) is 0. The molecule has 3 unspecified atom stereocenters. The van der Waals surface area contributed by atoms with E-state index >= 15 is 0 Å². The molecule has 2 fully saturated rings. The van der Waals surface area contributed by atoms with Crippen molar-refractivity contribution in [2.75, 3.05) is 5.73 Å². The lowest BCUT2D eigenvalue weighted by atomic mass is 9.95. The Morgan fingerprint density at radius 1 is 1.22 bits per heavy atom. The third-order valence-corrected chi connectivity index (χ3v) is 4.26. The number of benzene rings is 1. The normalized spacial score (nSPS) is 28.8. The smallest absolute Gasteiger partial charge is 0.253 e. The van der Waals surface area contributed by atoms with Crippen LogP contribution in [0.5, 0.6) is 0 Å². The van der Waals surface area contributed by atoms with E-state index in [1.807, 2.05) is 12.1 Å². The molecule has 0 spiro atoms.